The molecule has 0 spiro atoms. The van der Waals surface area contributed by atoms with Crippen LogP contribution in [0.4, 0.5) is 0 Å². The zero-order valence-electron chi connectivity index (χ0n) is 46.5. The summed E-state index contributed by atoms with van der Waals surface area (Å²) < 4.78 is 16.8. The predicted octanol–water partition coefficient (Wildman–Crippen LogP) is 20.4. The van der Waals surface area contributed by atoms with E-state index in [0.29, 0.717) is 19.3 Å². The first-order chi connectivity index (χ1) is 34.5. The van der Waals surface area contributed by atoms with E-state index in [-0.39, 0.29) is 31.1 Å². The van der Waals surface area contributed by atoms with Crippen LogP contribution >= 0.6 is 0 Å². The van der Waals surface area contributed by atoms with Crippen LogP contribution in [0.25, 0.3) is 0 Å². The largest absolute Gasteiger partial charge is 0.462 e. The molecule has 0 aliphatic rings. The average molecular weight is 980 g/mol. The Labute approximate surface area is 434 Å². The quantitative estimate of drug-likeness (QED) is 0.0261. The summed E-state index contributed by atoms with van der Waals surface area (Å²) in [5.74, 6) is -0.877. The minimum absolute atomic E-state index is 0.0729. The van der Waals surface area contributed by atoms with E-state index in [1.807, 2.05) is 0 Å². The van der Waals surface area contributed by atoms with Crippen molar-refractivity contribution in [2.45, 2.75) is 316 Å². The van der Waals surface area contributed by atoms with Crippen molar-refractivity contribution in [2.24, 2.45) is 0 Å². The lowest BCUT2D eigenvalue weighted by atomic mass is 10.0. The van der Waals surface area contributed by atoms with Gasteiger partial charge in [-0.15, -0.1) is 0 Å². The van der Waals surface area contributed by atoms with Crippen LogP contribution in [0, 0.1) is 0 Å². The summed E-state index contributed by atoms with van der Waals surface area (Å²) >= 11 is 0. The molecule has 0 aliphatic heterocycles. The van der Waals surface area contributed by atoms with Gasteiger partial charge in [0.25, 0.3) is 0 Å². The second-order valence-electron chi connectivity index (χ2n) is 20.2. The molecule has 0 amide bonds. The Kier molecular flexibility index (Phi) is 56.3. The van der Waals surface area contributed by atoms with Crippen LogP contribution in [0.3, 0.4) is 0 Å². The van der Waals surface area contributed by atoms with Crippen LogP contribution in [0.15, 0.2) is 60.8 Å². The van der Waals surface area contributed by atoms with E-state index < -0.39 is 6.10 Å². The Morgan fingerprint density at radius 2 is 0.557 bits per heavy atom. The molecular weight excluding hydrogens is 865 g/mol. The zero-order valence-corrected chi connectivity index (χ0v) is 46.5. The van der Waals surface area contributed by atoms with Crippen LogP contribution < -0.4 is 0 Å². The molecule has 406 valence electrons. The summed E-state index contributed by atoms with van der Waals surface area (Å²) in [4.78, 5) is 37.9. The molecule has 0 aromatic carbocycles. The van der Waals surface area contributed by atoms with Crippen LogP contribution in [-0.2, 0) is 28.6 Å². The highest BCUT2D eigenvalue weighted by Gasteiger charge is 2.19. The number of ether oxygens (including phenoxy) is 3. The molecule has 1 atom stereocenters. The molecule has 1 unspecified atom stereocenters. The topological polar surface area (TPSA) is 78.9 Å². The van der Waals surface area contributed by atoms with E-state index in [1.165, 1.54) is 180 Å². The molecule has 0 heterocycles. The smallest absolute Gasteiger partial charge is 0.306 e. The van der Waals surface area contributed by atoms with Crippen LogP contribution in [0.5, 0.6) is 0 Å². The Bertz CT molecular complexity index is 1260. The zero-order chi connectivity index (χ0) is 50.7. The highest BCUT2D eigenvalue weighted by Crippen LogP contribution is 2.17. The van der Waals surface area contributed by atoms with Gasteiger partial charge in [-0.2, -0.15) is 0 Å². The minimum Gasteiger partial charge on any atom is -0.462 e. The standard InChI is InChI=1S/C64H114O6/c1-4-7-10-13-16-18-20-22-23-24-25-26-27-28-29-30-31-32-33-34-35-36-37-38-39-40-41-42-44-45-48-51-54-57-63(66)69-60-61(59-68-62(65)56-53-50-47-15-12-9-6-3)70-64(67)58-55-52-49-46-43-21-19-17-14-11-8-5-2/h7,10,16-19,22-23,25-26,61H,4-6,8-9,11-15,20-21,24,27-60H2,1-3H3/b10-7-,18-16-,19-17-,23-22-,26-25-. The number of hydrogen-bond donors (Lipinski definition) is 0. The van der Waals surface area contributed by atoms with Crippen LogP contribution in [0.1, 0.15) is 310 Å². The Balaban J connectivity index is 3.94. The molecule has 0 aromatic heterocycles. The van der Waals surface area contributed by atoms with Crippen LogP contribution in [0.2, 0.25) is 0 Å². The first-order valence-corrected chi connectivity index (χ1v) is 30.3. The molecule has 0 saturated heterocycles. The minimum atomic E-state index is -0.771. The Hall–Kier alpha value is -2.89. The van der Waals surface area contributed by atoms with E-state index in [4.69, 9.17) is 14.2 Å². The fourth-order valence-electron chi connectivity index (χ4n) is 8.72. The third kappa shape index (κ3) is 56.0. The fraction of sp³-hybridized carbons (Fsp3) is 0.797. The van der Waals surface area contributed by atoms with Gasteiger partial charge in [0.2, 0.25) is 0 Å². The van der Waals surface area contributed by atoms with Crippen molar-refractivity contribution < 1.29 is 28.6 Å². The van der Waals surface area contributed by atoms with Crippen molar-refractivity contribution in [3.05, 3.63) is 60.8 Å². The van der Waals surface area contributed by atoms with Gasteiger partial charge in [-0.05, 0) is 83.5 Å². The maximum Gasteiger partial charge on any atom is 0.306 e. The second-order valence-corrected chi connectivity index (χ2v) is 20.2. The lowest BCUT2D eigenvalue weighted by Crippen LogP contribution is -2.30. The summed E-state index contributed by atoms with van der Waals surface area (Å²) in [6.07, 6.45) is 74.1. The van der Waals surface area contributed by atoms with Crippen molar-refractivity contribution in [1.29, 1.82) is 0 Å². The highest BCUT2D eigenvalue weighted by atomic mass is 16.6. The first-order valence-electron chi connectivity index (χ1n) is 30.3. The molecule has 0 fully saturated rings. The number of esters is 3. The Morgan fingerprint density at radius 1 is 0.300 bits per heavy atom. The average Bonchev–Trinajstić information content (AvgIpc) is 3.36. The van der Waals surface area contributed by atoms with Crippen molar-refractivity contribution >= 4 is 17.9 Å². The molecular formula is C64H114O6. The van der Waals surface area contributed by atoms with Gasteiger partial charge >= 0.3 is 17.9 Å². The highest BCUT2D eigenvalue weighted by molar-refractivity contribution is 5.71. The predicted molar refractivity (Wildman–Crippen MR) is 302 cm³/mol. The molecule has 6 nitrogen and oxygen atoms in total. The van der Waals surface area contributed by atoms with Gasteiger partial charge in [0, 0.05) is 19.3 Å². The van der Waals surface area contributed by atoms with Crippen molar-refractivity contribution in [1.82, 2.24) is 0 Å². The number of carbonyl (C=O) groups excluding carboxylic acids is 3. The SMILES string of the molecule is CC/C=C\C/C=C\C/C=C\C/C=C\CCCCCCCCCCCCCCCCCCCCCCC(=O)OCC(COC(=O)CCCCCCCCC)OC(=O)CCCCCCC/C=C\CCCCC. The molecule has 70 heavy (non-hydrogen) atoms. The van der Waals surface area contributed by atoms with E-state index in [2.05, 4.69) is 81.5 Å². The van der Waals surface area contributed by atoms with Crippen molar-refractivity contribution in [3.63, 3.8) is 0 Å². The van der Waals surface area contributed by atoms with Gasteiger partial charge in [0.15, 0.2) is 6.10 Å². The third-order valence-corrected chi connectivity index (χ3v) is 13.3. The number of rotatable bonds is 55. The summed E-state index contributed by atoms with van der Waals surface area (Å²) in [5.41, 5.74) is 0. The van der Waals surface area contributed by atoms with Gasteiger partial charge in [0.1, 0.15) is 13.2 Å². The maximum absolute atomic E-state index is 12.8. The third-order valence-electron chi connectivity index (χ3n) is 13.3. The summed E-state index contributed by atoms with van der Waals surface area (Å²) in [7, 11) is 0. The van der Waals surface area contributed by atoms with Gasteiger partial charge in [-0.3, -0.25) is 14.4 Å². The van der Waals surface area contributed by atoms with E-state index in [0.717, 1.165) is 89.9 Å². The summed E-state index contributed by atoms with van der Waals surface area (Å²) in [5, 5.41) is 0. The normalized spacial score (nSPS) is 12.4. The molecule has 0 N–H and O–H groups in total. The van der Waals surface area contributed by atoms with E-state index >= 15 is 0 Å². The lowest BCUT2D eigenvalue weighted by Gasteiger charge is -2.18. The van der Waals surface area contributed by atoms with Crippen molar-refractivity contribution in [3.8, 4) is 0 Å². The second kappa shape index (κ2) is 58.7. The van der Waals surface area contributed by atoms with Gasteiger partial charge in [-0.1, -0.05) is 268 Å². The van der Waals surface area contributed by atoms with Crippen molar-refractivity contribution in [2.75, 3.05) is 13.2 Å². The lowest BCUT2D eigenvalue weighted by molar-refractivity contribution is -0.167. The molecule has 0 radical (unpaired) electrons. The van der Waals surface area contributed by atoms with E-state index in [9.17, 15) is 14.4 Å². The van der Waals surface area contributed by atoms with Gasteiger partial charge in [-0.25, -0.2) is 0 Å². The Morgan fingerprint density at radius 3 is 0.914 bits per heavy atom. The van der Waals surface area contributed by atoms with Gasteiger partial charge in [0.05, 0.1) is 0 Å². The van der Waals surface area contributed by atoms with Crippen LogP contribution in [-0.4, -0.2) is 37.2 Å². The molecule has 0 aromatic rings. The van der Waals surface area contributed by atoms with Gasteiger partial charge < -0.3 is 14.2 Å². The van der Waals surface area contributed by atoms with E-state index in [1.54, 1.807) is 0 Å². The monoisotopic (exact) mass is 979 g/mol. The summed E-state index contributed by atoms with van der Waals surface area (Å²) in [6.45, 7) is 6.48. The number of allylic oxidation sites excluding steroid dienone is 10. The molecule has 0 bridgehead atoms. The fourth-order valence-corrected chi connectivity index (χ4v) is 8.72. The molecule has 6 heteroatoms. The number of carbonyl (C=O) groups is 3. The number of unbranched alkanes of at least 4 members (excludes halogenated alkanes) is 34. The molecule has 0 aliphatic carbocycles. The maximum atomic E-state index is 12.8. The summed E-state index contributed by atoms with van der Waals surface area (Å²) in [6, 6.07) is 0. The first kappa shape index (κ1) is 67.1. The molecule has 0 saturated carbocycles. The molecule has 0 rings (SSSR count). The number of hydrogen-bond acceptors (Lipinski definition) is 6.